The minimum Gasteiger partial charge on any atom is -0.462 e. The zero-order chi connectivity index (χ0) is 47.2. The summed E-state index contributed by atoms with van der Waals surface area (Å²) < 4.78 is 16.7. The maximum absolute atomic E-state index is 12.8. The summed E-state index contributed by atoms with van der Waals surface area (Å²) in [6.45, 7) is 6.32. The molecule has 1 unspecified atom stereocenters. The smallest absolute Gasteiger partial charge is 0.306 e. The van der Waals surface area contributed by atoms with Gasteiger partial charge in [0.05, 0.1) is 0 Å². The molecule has 0 amide bonds. The van der Waals surface area contributed by atoms with Gasteiger partial charge in [-0.3, -0.25) is 14.4 Å². The van der Waals surface area contributed by atoms with Crippen molar-refractivity contribution >= 4 is 17.9 Å². The fraction of sp³-hybridized carbons (Fsp3) is 0.576. The molecule has 0 rings (SSSR count). The summed E-state index contributed by atoms with van der Waals surface area (Å²) in [6.07, 6.45) is 72.8. The van der Waals surface area contributed by atoms with Gasteiger partial charge in [-0.15, -0.1) is 0 Å². The van der Waals surface area contributed by atoms with Crippen molar-refractivity contribution < 1.29 is 28.6 Å². The van der Waals surface area contributed by atoms with Gasteiger partial charge < -0.3 is 14.2 Å². The average Bonchev–Trinajstić information content (AvgIpc) is 3.30. The topological polar surface area (TPSA) is 78.9 Å². The van der Waals surface area contributed by atoms with Gasteiger partial charge in [-0.2, -0.15) is 0 Å². The number of rotatable bonds is 44. The summed E-state index contributed by atoms with van der Waals surface area (Å²) in [7, 11) is 0. The average molecular weight is 897 g/mol. The van der Waals surface area contributed by atoms with E-state index in [9.17, 15) is 14.4 Å². The van der Waals surface area contributed by atoms with Crippen molar-refractivity contribution in [2.45, 2.75) is 207 Å². The Bertz CT molecular complexity index is 1450. The number of carbonyl (C=O) groups is 3. The highest BCUT2D eigenvalue weighted by Crippen LogP contribution is 2.14. The van der Waals surface area contributed by atoms with Crippen LogP contribution in [0.15, 0.2) is 134 Å². The molecule has 6 nitrogen and oxygen atoms in total. The molecule has 0 aliphatic rings. The van der Waals surface area contributed by atoms with Gasteiger partial charge in [0, 0.05) is 19.3 Å². The van der Waals surface area contributed by atoms with Crippen molar-refractivity contribution in [2.75, 3.05) is 13.2 Å². The Hall–Kier alpha value is -4.45. The molecule has 0 aliphatic carbocycles. The number of hydrogen-bond acceptors (Lipinski definition) is 6. The van der Waals surface area contributed by atoms with E-state index in [0.29, 0.717) is 19.3 Å². The van der Waals surface area contributed by atoms with Crippen LogP contribution in [0.1, 0.15) is 201 Å². The highest BCUT2D eigenvalue weighted by atomic mass is 16.6. The summed E-state index contributed by atoms with van der Waals surface area (Å²) in [5, 5.41) is 0. The second-order valence-electron chi connectivity index (χ2n) is 16.6. The molecule has 0 spiro atoms. The van der Waals surface area contributed by atoms with E-state index in [2.05, 4.69) is 57.2 Å². The minimum absolute atomic E-state index is 0.108. The van der Waals surface area contributed by atoms with Crippen molar-refractivity contribution in [2.24, 2.45) is 0 Å². The van der Waals surface area contributed by atoms with E-state index in [4.69, 9.17) is 14.2 Å². The van der Waals surface area contributed by atoms with Gasteiger partial charge >= 0.3 is 17.9 Å². The molecule has 0 aromatic heterocycles. The maximum Gasteiger partial charge on any atom is 0.306 e. The predicted molar refractivity (Wildman–Crippen MR) is 279 cm³/mol. The molecular formula is C59H92O6. The van der Waals surface area contributed by atoms with Crippen molar-refractivity contribution in [3.63, 3.8) is 0 Å². The standard InChI is InChI=1S/C59H92O6/c1-4-7-10-13-16-19-22-25-27-29-31-32-34-37-40-43-46-49-52-58(61)64-55-56(54-63-57(60)51-48-45-42-39-36-24-21-18-15-12-9-6-3)65-59(62)53-50-47-44-41-38-35-33-30-28-26-23-20-17-14-11-8-5-2/h8,10-11,13-14,16-17,19-20,22-23,25-33,35,38,56H,4-7,9,12,15,18,21,24,34,36-37,39-55H2,1-3H3/b11-8-,13-10-,17-14-,19-16-,23-20-,25-22-,28-26-,29-27-,32-31-,33-30+,38-35-. The Morgan fingerprint density at radius 2 is 0.631 bits per heavy atom. The van der Waals surface area contributed by atoms with E-state index < -0.39 is 6.10 Å². The second kappa shape index (κ2) is 52.2. The van der Waals surface area contributed by atoms with Crippen molar-refractivity contribution in [1.29, 1.82) is 0 Å². The lowest BCUT2D eigenvalue weighted by atomic mass is 10.0. The van der Waals surface area contributed by atoms with Gasteiger partial charge in [-0.25, -0.2) is 0 Å². The summed E-state index contributed by atoms with van der Waals surface area (Å²) in [5.74, 6) is -0.987. The van der Waals surface area contributed by atoms with Crippen LogP contribution < -0.4 is 0 Å². The van der Waals surface area contributed by atoms with Crippen molar-refractivity contribution in [3.8, 4) is 0 Å². The molecule has 0 aliphatic heterocycles. The first-order valence-corrected chi connectivity index (χ1v) is 25.8. The summed E-state index contributed by atoms with van der Waals surface area (Å²) in [4.78, 5) is 38.0. The van der Waals surface area contributed by atoms with Crippen LogP contribution in [0.5, 0.6) is 0 Å². The zero-order valence-corrected chi connectivity index (χ0v) is 41.4. The molecule has 0 radical (unpaired) electrons. The fourth-order valence-corrected chi connectivity index (χ4v) is 6.56. The van der Waals surface area contributed by atoms with Crippen LogP contribution in [0.25, 0.3) is 0 Å². The Morgan fingerprint density at radius 1 is 0.323 bits per heavy atom. The molecule has 0 saturated carbocycles. The van der Waals surface area contributed by atoms with Gasteiger partial charge in [0.15, 0.2) is 6.10 Å². The summed E-state index contributed by atoms with van der Waals surface area (Å²) in [6, 6.07) is 0. The summed E-state index contributed by atoms with van der Waals surface area (Å²) in [5.41, 5.74) is 0. The van der Waals surface area contributed by atoms with E-state index in [0.717, 1.165) is 89.9 Å². The van der Waals surface area contributed by atoms with Gasteiger partial charge in [0.25, 0.3) is 0 Å². The van der Waals surface area contributed by atoms with Gasteiger partial charge in [0.1, 0.15) is 13.2 Å². The first-order valence-electron chi connectivity index (χ1n) is 25.8. The fourth-order valence-electron chi connectivity index (χ4n) is 6.56. The highest BCUT2D eigenvalue weighted by Gasteiger charge is 2.19. The number of unbranched alkanes of at least 4 members (excludes halogenated alkanes) is 20. The van der Waals surface area contributed by atoms with E-state index in [1.54, 1.807) is 0 Å². The lowest BCUT2D eigenvalue weighted by Crippen LogP contribution is -2.30. The van der Waals surface area contributed by atoms with Crippen LogP contribution >= 0.6 is 0 Å². The summed E-state index contributed by atoms with van der Waals surface area (Å²) >= 11 is 0. The Kier molecular flexibility index (Phi) is 48.6. The number of ether oxygens (including phenoxy) is 3. The lowest BCUT2D eigenvalue weighted by Gasteiger charge is -2.18. The first-order chi connectivity index (χ1) is 32.0. The van der Waals surface area contributed by atoms with Crippen LogP contribution in [-0.2, 0) is 28.6 Å². The van der Waals surface area contributed by atoms with Gasteiger partial charge in [-0.05, 0) is 57.8 Å². The number of esters is 3. The third-order valence-electron chi connectivity index (χ3n) is 10.4. The predicted octanol–water partition coefficient (Wildman–Crippen LogP) is 17.1. The molecule has 0 fully saturated rings. The van der Waals surface area contributed by atoms with Crippen molar-refractivity contribution in [1.82, 2.24) is 0 Å². The van der Waals surface area contributed by atoms with E-state index in [1.165, 1.54) is 64.2 Å². The van der Waals surface area contributed by atoms with Gasteiger partial charge in [-0.1, -0.05) is 257 Å². The number of allylic oxidation sites excluding steroid dienone is 22. The molecule has 0 heterocycles. The van der Waals surface area contributed by atoms with Crippen LogP contribution in [0.2, 0.25) is 0 Å². The van der Waals surface area contributed by atoms with Gasteiger partial charge in [0.2, 0.25) is 0 Å². The largest absolute Gasteiger partial charge is 0.462 e. The van der Waals surface area contributed by atoms with E-state index in [-0.39, 0.29) is 37.5 Å². The molecule has 0 aromatic carbocycles. The molecule has 6 heteroatoms. The third-order valence-corrected chi connectivity index (χ3v) is 10.4. The molecular weight excluding hydrogens is 805 g/mol. The lowest BCUT2D eigenvalue weighted by molar-refractivity contribution is -0.167. The molecule has 364 valence electrons. The Morgan fingerprint density at radius 3 is 1.02 bits per heavy atom. The number of carbonyl (C=O) groups excluding carboxylic acids is 3. The van der Waals surface area contributed by atoms with Crippen LogP contribution in [-0.4, -0.2) is 37.2 Å². The molecule has 0 bridgehead atoms. The normalized spacial score (nSPS) is 13.2. The minimum atomic E-state index is -0.815. The number of hydrogen-bond donors (Lipinski definition) is 0. The second-order valence-corrected chi connectivity index (χ2v) is 16.6. The Labute approximate surface area is 398 Å². The van der Waals surface area contributed by atoms with Crippen molar-refractivity contribution in [3.05, 3.63) is 134 Å². The van der Waals surface area contributed by atoms with Crippen LogP contribution in [0, 0.1) is 0 Å². The quantitative estimate of drug-likeness (QED) is 0.0262. The van der Waals surface area contributed by atoms with Crippen LogP contribution in [0.4, 0.5) is 0 Å². The molecule has 0 N–H and O–H groups in total. The molecule has 65 heavy (non-hydrogen) atoms. The monoisotopic (exact) mass is 897 g/mol. The molecule has 0 saturated heterocycles. The van der Waals surface area contributed by atoms with Crippen LogP contribution in [0.3, 0.4) is 0 Å². The first kappa shape index (κ1) is 60.6. The van der Waals surface area contributed by atoms with E-state index >= 15 is 0 Å². The molecule has 1 atom stereocenters. The third kappa shape index (κ3) is 50.4. The molecule has 0 aromatic rings. The Balaban J connectivity index is 4.56. The zero-order valence-electron chi connectivity index (χ0n) is 41.4. The maximum atomic E-state index is 12.8. The highest BCUT2D eigenvalue weighted by molar-refractivity contribution is 5.71. The SMILES string of the molecule is CC\C=C/C=C\C=C/C=C\C=C\C=C/CCCCCC(=O)OC(COC(=O)CCCCCCC\C=C/C=C\C=C/C=C\C=C/CCC)COC(=O)CCCCCCCCCCCCCC. The van der Waals surface area contributed by atoms with E-state index in [1.807, 2.05) is 97.2 Å².